The Bertz CT molecular complexity index is 967. The number of hydrogen-bond acceptors (Lipinski definition) is 3. The fourth-order valence-corrected chi connectivity index (χ4v) is 2.65. The van der Waals surface area contributed by atoms with Crippen molar-refractivity contribution >= 4 is 11.7 Å². The first-order valence-electron chi connectivity index (χ1n) is 8.32. The van der Waals surface area contributed by atoms with Crippen LogP contribution in [0.1, 0.15) is 24.2 Å². The molecule has 3 aromatic rings. The largest absolute Gasteiger partial charge is 0.331 e. The van der Waals surface area contributed by atoms with E-state index in [4.69, 9.17) is 0 Å². The summed E-state index contributed by atoms with van der Waals surface area (Å²) in [6, 6.07) is 17.9. The SMILES string of the molecule is Cc1cc(=O)[nH]c(-c2cccc(NC(=O)N[C@H](C)c3ccccc3)c2)n1. The summed E-state index contributed by atoms with van der Waals surface area (Å²) in [5.74, 6) is 0.469. The number of nitrogens with one attached hydrogen (secondary N) is 3. The number of H-pyrrole nitrogens is 1. The zero-order chi connectivity index (χ0) is 18.5. The molecule has 1 heterocycles. The Hall–Kier alpha value is -3.41. The van der Waals surface area contributed by atoms with Gasteiger partial charge in [-0.15, -0.1) is 0 Å². The van der Waals surface area contributed by atoms with Gasteiger partial charge in [-0.05, 0) is 31.5 Å². The van der Waals surface area contributed by atoms with Crippen LogP contribution in [0.2, 0.25) is 0 Å². The van der Waals surface area contributed by atoms with Crippen molar-refractivity contribution in [1.82, 2.24) is 15.3 Å². The Kier molecular flexibility index (Phi) is 5.12. The predicted molar refractivity (Wildman–Crippen MR) is 102 cm³/mol. The van der Waals surface area contributed by atoms with E-state index in [2.05, 4.69) is 20.6 Å². The van der Waals surface area contributed by atoms with Crippen LogP contribution in [0.3, 0.4) is 0 Å². The molecule has 0 saturated carbocycles. The van der Waals surface area contributed by atoms with Crippen LogP contribution < -0.4 is 16.2 Å². The lowest BCUT2D eigenvalue weighted by molar-refractivity contribution is 0.249. The first-order chi connectivity index (χ1) is 12.5. The number of amides is 2. The van der Waals surface area contributed by atoms with Gasteiger partial charge in [-0.1, -0.05) is 42.5 Å². The number of hydrogen-bond donors (Lipinski definition) is 3. The first kappa shape index (κ1) is 17.4. The number of aromatic nitrogens is 2. The van der Waals surface area contributed by atoms with E-state index in [0.717, 1.165) is 11.1 Å². The highest BCUT2D eigenvalue weighted by atomic mass is 16.2. The Labute approximate surface area is 151 Å². The van der Waals surface area contributed by atoms with Crippen molar-refractivity contribution in [2.45, 2.75) is 19.9 Å². The highest BCUT2D eigenvalue weighted by Gasteiger charge is 2.10. The highest BCUT2D eigenvalue weighted by molar-refractivity contribution is 5.90. The van der Waals surface area contributed by atoms with Gasteiger partial charge in [0.1, 0.15) is 5.82 Å². The van der Waals surface area contributed by atoms with Gasteiger partial charge in [-0.2, -0.15) is 0 Å². The molecule has 2 aromatic carbocycles. The van der Waals surface area contributed by atoms with Gasteiger partial charge in [0, 0.05) is 23.0 Å². The number of carbonyl (C=O) groups excluding carboxylic acids is 1. The van der Waals surface area contributed by atoms with Crippen LogP contribution in [0.15, 0.2) is 65.5 Å². The second-order valence-electron chi connectivity index (χ2n) is 6.05. The van der Waals surface area contributed by atoms with Crippen molar-refractivity contribution in [3.8, 4) is 11.4 Å². The summed E-state index contributed by atoms with van der Waals surface area (Å²) in [6.45, 7) is 3.69. The van der Waals surface area contributed by atoms with E-state index >= 15 is 0 Å². The summed E-state index contributed by atoms with van der Waals surface area (Å²) in [7, 11) is 0. The molecule has 2 amide bonds. The summed E-state index contributed by atoms with van der Waals surface area (Å²) >= 11 is 0. The minimum absolute atomic E-state index is 0.117. The standard InChI is InChI=1S/C20H20N4O2/c1-13-11-18(25)24-19(21-13)16-9-6-10-17(12-16)23-20(26)22-14(2)15-7-4-3-5-8-15/h3-12,14H,1-2H3,(H,21,24,25)(H2,22,23,26)/t14-/m1/s1. The third-order valence-corrected chi connectivity index (χ3v) is 3.91. The third-order valence-electron chi connectivity index (χ3n) is 3.91. The molecule has 0 aliphatic rings. The van der Waals surface area contributed by atoms with Gasteiger partial charge in [0.2, 0.25) is 0 Å². The van der Waals surface area contributed by atoms with Gasteiger partial charge in [0.25, 0.3) is 5.56 Å². The molecule has 0 spiro atoms. The van der Waals surface area contributed by atoms with E-state index in [1.165, 1.54) is 6.07 Å². The number of aromatic amines is 1. The number of carbonyl (C=O) groups is 1. The van der Waals surface area contributed by atoms with Crippen molar-refractivity contribution in [3.63, 3.8) is 0 Å². The van der Waals surface area contributed by atoms with Gasteiger partial charge in [0.05, 0.1) is 6.04 Å². The van der Waals surface area contributed by atoms with Gasteiger partial charge in [-0.3, -0.25) is 4.79 Å². The lowest BCUT2D eigenvalue weighted by Crippen LogP contribution is -2.31. The van der Waals surface area contributed by atoms with Crippen molar-refractivity contribution in [3.05, 3.63) is 82.3 Å². The zero-order valence-corrected chi connectivity index (χ0v) is 14.6. The van der Waals surface area contributed by atoms with E-state index in [1.807, 2.05) is 43.3 Å². The lowest BCUT2D eigenvalue weighted by atomic mass is 10.1. The molecular weight excluding hydrogens is 328 g/mol. The van der Waals surface area contributed by atoms with Crippen LogP contribution in [0.5, 0.6) is 0 Å². The molecule has 0 radical (unpaired) electrons. The second kappa shape index (κ2) is 7.65. The van der Waals surface area contributed by atoms with Crippen molar-refractivity contribution in [2.24, 2.45) is 0 Å². The van der Waals surface area contributed by atoms with Gasteiger partial charge < -0.3 is 15.6 Å². The molecule has 3 N–H and O–H groups in total. The molecular formula is C20H20N4O2. The highest BCUT2D eigenvalue weighted by Crippen LogP contribution is 2.19. The molecule has 26 heavy (non-hydrogen) atoms. The van der Waals surface area contributed by atoms with Crippen molar-refractivity contribution < 1.29 is 4.79 Å². The molecule has 0 saturated heterocycles. The quantitative estimate of drug-likeness (QED) is 0.673. The molecule has 0 fully saturated rings. The topological polar surface area (TPSA) is 86.9 Å². The van der Waals surface area contributed by atoms with Crippen LogP contribution in [0.25, 0.3) is 11.4 Å². The number of aryl methyl sites for hydroxylation is 1. The minimum Gasteiger partial charge on any atom is -0.331 e. The molecule has 6 nitrogen and oxygen atoms in total. The van der Waals surface area contributed by atoms with E-state index < -0.39 is 0 Å². The predicted octanol–water partition coefficient (Wildman–Crippen LogP) is 3.63. The lowest BCUT2D eigenvalue weighted by Gasteiger charge is -2.15. The molecule has 0 aliphatic carbocycles. The number of rotatable bonds is 4. The van der Waals surface area contributed by atoms with E-state index in [9.17, 15) is 9.59 Å². The number of anilines is 1. The maximum absolute atomic E-state index is 12.3. The van der Waals surface area contributed by atoms with Crippen LogP contribution in [0, 0.1) is 6.92 Å². The van der Waals surface area contributed by atoms with Gasteiger partial charge >= 0.3 is 6.03 Å². The third kappa shape index (κ3) is 4.36. The van der Waals surface area contributed by atoms with Crippen LogP contribution in [-0.4, -0.2) is 16.0 Å². The normalized spacial score (nSPS) is 11.6. The molecule has 0 aliphatic heterocycles. The number of nitrogens with zero attached hydrogens (tertiary/aromatic N) is 1. The van der Waals surface area contributed by atoms with E-state index in [0.29, 0.717) is 17.2 Å². The van der Waals surface area contributed by atoms with Crippen LogP contribution in [-0.2, 0) is 0 Å². The molecule has 1 aromatic heterocycles. The Morgan fingerprint density at radius 2 is 1.85 bits per heavy atom. The first-order valence-corrected chi connectivity index (χ1v) is 8.32. The average Bonchev–Trinajstić information content (AvgIpc) is 2.61. The molecule has 3 rings (SSSR count). The zero-order valence-electron chi connectivity index (χ0n) is 14.6. The summed E-state index contributed by atoms with van der Waals surface area (Å²) in [5, 5.41) is 5.71. The van der Waals surface area contributed by atoms with E-state index in [-0.39, 0.29) is 17.6 Å². The fourth-order valence-electron chi connectivity index (χ4n) is 2.65. The smallest absolute Gasteiger partial charge is 0.319 e. The summed E-state index contributed by atoms with van der Waals surface area (Å²) < 4.78 is 0. The van der Waals surface area contributed by atoms with Crippen molar-refractivity contribution in [1.29, 1.82) is 0 Å². The Morgan fingerprint density at radius 3 is 2.58 bits per heavy atom. The molecule has 0 bridgehead atoms. The average molecular weight is 348 g/mol. The van der Waals surface area contributed by atoms with E-state index in [1.54, 1.807) is 25.1 Å². The molecule has 0 unspecified atom stereocenters. The summed E-state index contributed by atoms with van der Waals surface area (Å²) in [6.07, 6.45) is 0. The molecule has 1 atom stereocenters. The molecule has 6 heteroatoms. The number of benzene rings is 2. The van der Waals surface area contributed by atoms with Crippen molar-refractivity contribution in [2.75, 3.05) is 5.32 Å². The second-order valence-corrected chi connectivity index (χ2v) is 6.05. The molecule has 132 valence electrons. The van der Waals surface area contributed by atoms with Gasteiger partial charge in [0.15, 0.2) is 0 Å². The monoisotopic (exact) mass is 348 g/mol. The maximum atomic E-state index is 12.3. The summed E-state index contributed by atoms with van der Waals surface area (Å²) in [4.78, 5) is 30.9. The maximum Gasteiger partial charge on any atom is 0.319 e. The Morgan fingerprint density at radius 1 is 1.08 bits per heavy atom. The van der Waals surface area contributed by atoms with Crippen LogP contribution >= 0.6 is 0 Å². The number of urea groups is 1. The fraction of sp³-hybridized carbons (Fsp3) is 0.150. The van der Waals surface area contributed by atoms with Crippen LogP contribution in [0.4, 0.5) is 10.5 Å². The Balaban J connectivity index is 1.72. The van der Waals surface area contributed by atoms with Gasteiger partial charge in [-0.25, -0.2) is 9.78 Å². The summed E-state index contributed by atoms with van der Waals surface area (Å²) in [5.41, 5.74) is 2.79. The minimum atomic E-state index is -0.302.